The first kappa shape index (κ1) is 15.4. The standard InChI is InChI=1S/C15H24N6S/c16-14(20-7-9-22-10-8-20)19-11-13-3-1-6-21(12-13)15-17-4-2-5-18-15/h2,4-5,13H,1,3,6-12H2,(H2,16,19). The third-order valence-electron chi connectivity index (χ3n) is 4.20. The van der Waals surface area contributed by atoms with Crippen LogP contribution in [0.1, 0.15) is 12.8 Å². The molecule has 3 heterocycles. The van der Waals surface area contributed by atoms with Crippen LogP contribution in [-0.2, 0) is 0 Å². The Morgan fingerprint density at radius 1 is 1.27 bits per heavy atom. The van der Waals surface area contributed by atoms with E-state index >= 15 is 0 Å². The second kappa shape index (κ2) is 7.67. The van der Waals surface area contributed by atoms with E-state index in [0.29, 0.717) is 11.9 Å². The number of hydrogen-bond acceptors (Lipinski definition) is 5. The highest BCUT2D eigenvalue weighted by Crippen LogP contribution is 2.20. The van der Waals surface area contributed by atoms with Crippen molar-refractivity contribution in [3.63, 3.8) is 0 Å². The molecular formula is C15H24N6S. The van der Waals surface area contributed by atoms with Gasteiger partial charge in [0.05, 0.1) is 0 Å². The molecule has 1 aromatic rings. The van der Waals surface area contributed by atoms with Gasteiger partial charge in [-0.2, -0.15) is 11.8 Å². The molecule has 120 valence electrons. The number of nitrogens with zero attached hydrogens (tertiary/aromatic N) is 5. The molecule has 0 radical (unpaired) electrons. The molecule has 0 amide bonds. The normalized spacial score (nSPS) is 23.6. The monoisotopic (exact) mass is 320 g/mol. The molecule has 2 N–H and O–H groups in total. The first-order chi connectivity index (χ1) is 10.8. The third kappa shape index (κ3) is 4.03. The number of piperidine rings is 1. The lowest BCUT2D eigenvalue weighted by Gasteiger charge is -2.32. The highest BCUT2D eigenvalue weighted by molar-refractivity contribution is 7.99. The summed E-state index contributed by atoms with van der Waals surface area (Å²) in [6.45, 7) is 4.85. The summed E-state index contributed by atoms with van der Waals surface area (Å²) < 4.78 is 0. The van der Waals surface area contributed by atoms with E-state index < -0.39 is 0 Å². The minimum Gasteiger partial charge on any atom is -0.370 e. The molecule has 22 heavy (non-hydrogen) atoms. The average Bonchev–Trinajstić information content (AvgIpc) is 2.61. The Morgan fingerprint density at radius 3 is 2.82 bits per heavy atom. The smallest absolute Gasteiger partial charge is 0.225 e. The van der Waals surface area contributed by atoms with E-state index in [0.717, 1.165) is 50.2 Å². The molecule has 0 spiro atoms. The Morgan fingerprint density at radius 2 is 2.05 bits per heavy atom. The molecule has 0 aromatic carbocycles. The number of hydrogen-bond donors (Lipinski definition) is 1. The molecule has 2 aliphatic heterocycles. The van der Waals surface area contributed by atoms with E-state index in [4.69, 9.17) is 5.73 Å². The Hall–Kier alpha value is -1.50. The van der Waals surface area contributed by atoms with Crippen molar-refractivity contribution in [2.75, 3.05) is 49.1 Å². The fourth-order valence-corrected chi connectivity index (χ4v) is 3.87. The van der Waals surface area contributed by atoms with Crippen LogP contribution in [0.5, 0.6) is 0 Å². The highest BCUT2D eigenvalue weighted by atomic mass is 32.2. The molecule has 1 atom stereocenters. The van der Waals surface area contributed by atoms with E-state index in [1.54, 1.807) is 12.4 Å². The molecule has 3 rings (SSSR count). The molecule has 0 saturated carbocycles. The minimum atomic E-state index is 0.537. The Labute approximate surface area is 136 Å². The number of aromatic nitrogens is 2. The van der Waals surface area contributed by atoms with Crippen LogP contribution in [-0.4, -0.2) is 65.1 Å². The summed E-state index contributed by atoms with van der Waals surface area (Å²) in [6.07, 6.45) is 5.97. The summed E-state index contributed by atoms with van der Waals surface area (Å²) in [4.78, 5) is 17.8. The summed E-state index contributed by atoms with van der Waals surface area (Å²) in [5, 5.41) is 0. The molecule has 0 aliphatic carbocycles. The summed E-state index contributed by atoms with van der Waals surface area (Å²) in [7, 11) is 0. The molecule has 1 unspecified atom stereocenters. The van der Waals surface area contributed by atoms with Gasteiger partial charge in [-0.15, -0.1) is 0 Å². The number of guanidine groups is 1. The van der Waals surface area contributed by atoms with E-state index in [-0.39, 0.29) is 0 Å². The molecular weight excluding hydrogens is 296 g/mol. The maximum atomic E-state index is 6.14. The van der Waals surface area contributed by atoms with Crippen molar-refractivity contribution >= 4 is 23.7 Å². The molecule has 2 aliphatic rings. The predicted octanol–water partition coefficient (Wildman–Crippen LogP) is 1.06. The van der Waals surface area contributed by atoms with E-state index in [9.17, 15) is 0 Å². The second-order valence-corrected chi connectivity index (χ2v) is 7.03. The number of rotatable bonds is 3. The number of nitrogens with two attached hydrogens (primary N) is 1. The van der Waals surface area contributed by atoms with E-state index in [1.807, 2.05) is 17.8 Å². The van der Waals surface area contributed by atoms with Crippen molar-refractivity contribution in [1.29, 1.82) is 0 Å². The fourth-order valence-electron chi connectivity index (χ4n) is 2.97. The topological polar surface area (TPSA) is 70.6 Å². The highest BCUT2D eigenvalue weighted by Gasteiger charge is 2.22. The Kier molecular flexibility index (Phi) is 5.37. The maximum absolute atomic E-state index is 6.14. The molecule has 2 saturated heterocycles. The number of thioether (sulfide) groups is 1. The predicted molar refractivity (Wildman–Crippen MR) is 92.4 cm³/mol. The van der Waals surface area contributed by atoms with Gasteiger partial charge >= 0.3 is 0 Å². The van der Waals surface area contributed by atoms with Crippen molar-refractivity contribution < 1.29 is 0 Å². The van der Waals surface area contributed by atoms with Gasteiger partial charge in [0.2, 0.25) is 5.95 Å². The molecule has 0 bridgehead atoms. The molecule has 7 heteroatoms. The summed E-state index contributed by atoms with van der Waals surface area (Å²) in [5.41, 5.74) is 6.14. The zero-order valence-corrected chi connectivity index (χ0v) is 13.7. The van der Waals surface area contributed by atoms with Crippen LogP contribution >= 0.6 is 11.8 Å². The van der Waals surface area contributed by atoms with Crippen LogP contribution in [0, 0.1) is 5.92 Å². The van der Waals surface area contributed by atoms with Crippen LogP contribution in [0.4, 0.5) is 5.95 Å². The summed E-state index contributed by atoms with van der Waals surface area (Å²) in [5.74, 6) is 4.39. The van der Waals surface area contributed by atoms with Crippen LogP contribution in [0.2, 0.25) is 0 Å². The van der Waals surface area contributed by atoms with Crippen molar-refractivity contribution in [2.24, 2.45) is 16.6 Å². The first-order valence-electron chi connectivity index (χ1n) is 7.97. The van der Waals surface area contributed by atoms with Gasteiger partial charge in [0, 0.05) is 56.6 Å². The van der Waals surface area contributed by atoms with E-state index in [2.05, 4.69) is 24.8 Å². The van der Waals surface area contributed by atoms with Crippen LogP contribution < -0.4 is 10.6 Å². The van der Waals surface area contributed by atoms with Crippen molar-refractivity contribution in [3.05, 3.63) is 18.5 Å². The second-order valence-electron chi connectivity index (χ2n) is 5.80. The quantitative estimate of drug-likeness (QED) is 0.663. The average molecular weight is 320 g/mol. The Bertz CT molecular complexity index is 488. The third-order valence-corrected chi connectivity index (χ3v) is 5.14. The summed E-state index contributed by atoms with van der Waals surface area (Å²) >= 11 is 1.99. The fraction of sp³-hybridized carbons (Fsp3) is 0.667. The first-order valence-corrected chi connectivity index (χ1v) is 9.13. The SMILES string of the molecule is NC(=NCC1CCCN(c2ncccn2)C1)N1CCSCC1. The van der Waals surface area contributed by atoms with Crippen molar-refractivity contribution in [1.82, 2.24) is 14.9 Å². The van der Waals surface area contributed by atoms with Gasteiger partial charge in [-0.3, -0.25) is 4.99 Å². The maximum Gasteiger partial charge on any atom is 0.225 e. The van der Waals surface area contributed by atoms with Gasteiger partial charge in [-0.25, -0.2) is 9.97 Å². The zero-order chi connectivity index (χ0) is 15.2. The van der Waals surface area contributed by atoms with Gasteiger partial charge in [0.15, 0.2) is 5.96 Å². The van der Waals surface area contributed by atoms with Crippen molar-refractivity contribution in [2.45, 2.75) is 12.8 Å². The summed E-state index contributed by atoms with van der Waals surface area (Å²) in [6, 6.07) is 1.85. The number of anilines is 1. The zero-order valence-electron chi connectivity index (χ0n) is 12.9. The lowest BCUT2D eigenvalue weighted by molar-refractivity contribution is 0.412. The van der Waals surface area contributed by atoms with Crippen LogP contribution in [0.25, 0.3) is 0 Å². The lowest BCUT2D eigenvalue weighted by atomic mass is 9.98. The van der Waals surface area contributed by atoms with Crippen LogP contribution in [0.15, 0.2) is 23.5 Å². The van der Waals surface area contributed by atoms with E-state index in [1.165, 1.54) is 12.8 Å². The molecule has 2 fully saturated rings. The molecule has 6 nitrogen and oxygen atoms in total. The van der Waals surface area contributed by atoms with Gasteiger partial charge < -0.3 is 15.5 Å². The van der Waals surface area contributed by atoms with Gasteiger partial charge in [0.25, 0.3) is 0 Å². The van der Waals surface area contributed by atoms with Gasteiger partial charge in [0.1, 0.15) is 0 Å². The number of aliphatic imine (C=N–C) groups is 1. The van der Waals surface area contributed by atoms with Crippen LogP contribution in [0.3, 0.4) is 0 Å². The molecule has 1 aromatic heterocycles. The van der Waals surface area contributed by atoms with Crippen molar-refractivity contribution in [3.8, 4) is 0 Å². The van der Waals surface area contributed by atoms with Gasteiger partial charge in [-0.1, -0.05) is 0 Å². The largest absolute Gasteiger partial charge is 0.370 e. The minimum absolute atomic E-state index is 0.537. The van der Waals surface area contributed by atoms with Gasteiger partial charge in [-0.05, 0) is 24.8 Å². The lowest BCUT2D eigenvalue weighted by Crippen LogP contribution is -2.43. The Balaban J connectivity index is 1.54.